The van der Waals surface area contributed by atoms with E-state index in [-0.39, 0.29) is 0 Å². The Morgan fingerprint density at radius 1 is 1.21 bits per heavy atom. The molecular weight excluding hydrogens is 236 g/mol. The topological polar surface area (TPSA) is 44.8 Å². The second-order valence-corrected chi connectivity index (χ2v) is 5.24. The van der Waals surface area contributed by atoms with E-state index in [0.29, 0.717) is 0 Å². The van der Waals surface area contributed by atoms with Gasteiger partial charge < -0.3 is 9.88 Å². The molecule has 1 aliphatic heterocycles. The van der Waals surface area contributed by atoms with Crippen molar-refractivity contribution in [2.45, 2.75) is 19.8 Å². The summed E-state index contributed by atoms with van der Waals surface area (Å²) in [7, 11) is 0. The molecule has 3 aromatic heterocycles. The van der Waals surface area contributed by atoms with E-state index in [1.807, 2.05) is 12.3 Å². The van der Waals surface area contributed by atoms with Crippen molar-refractivity contribution in [3.63, 3.8) is 0 Å². The highest BCUT2D eigenvalue weighted by molar-refractivity contribution is 6.07. The zero-order valence-corrected chi connectivity index (χ0v) is 11.0. The standard InChI is InChI=1S/C15H16N4/c1-10-9-12-11-5-4-6-16-13(11)15(18-14(12)17-10)19-7-2-3-8-19/h4-6,9H,2-3,7-8H2,1H3,(H,17,18). The quantitative estimate of drug-likeness (QED) is 0.724. The Labute approximate surface area is 111 Å². The van der Waals surface area contributed by atoms with Gasteiger partial charge in [-0.3, -0.25) is 4.98 Å². The molecule has 3 aromatic rings. The van der Waals surface area contributed by atoms with Crippen LogP contribution in [0, 0.1) is 6.92 Å². The lowest BCUT2D eigenvalue weighted by Gasteiger charge is -2.18. The van der Waals surface area contributed by atoms with E-state index in [0.717, 1.165) is 35.8 Å². The normalized spacial score (nSPS) is 15.7. The lowest BCUT2D eigenvalue weighted by atomic mass is 10.2. The van der Waals surface area contributed by atoms with Crippen LogP contribution in [0.4, 0.5) is 5.82 Å². The molecule has 0 aliphatic carbocycles. The molecule has 1 fully saturated rings. The SMILES string of the molecule is Cc1cc2c(nc(N3CCCC3)c3ncccc32)[nH]1. The minimum absolute atomic E-state index is 0.972. The van der Waals surface area contributed by atoms with E-state index in [1.54, 1.807) is 0 Å². The molecular formula is C15H16N4. The number of fused-ring (bicyclic) bond motifs is 3. The van der Waals surface area contributed by atoms with Crippen LogP contribution >= 0.6 is 0 Å². The molecule has 0 spiro atoms. The van der Waals surface area contributed by atoms with Gasteiger partial charge in [0.1, 0.15) is 11.2 Å². The summed E-state index contributed by atoms with van der Waals surface area (Å²) in [6.07, 6.45) is 4.35. The molecule has 0 saturated carbocycles. The number of aromatic nitrogens is 3. The number of aromatic amines is 1. The molecule has 19 heavy (non-hydrogen) atoms. The Balaban J connectivity index is 2.08. The van der Waals surface area contributed by atoms with Crippen molar-refractivity contribution < 1.29 is 0 Å². The van der Waals surface area contributed by atoms with Gasteiger partial charge in [-0.1, -0.05) is 6.07 Å². The summed E-state index contributed by atoms with van der Waals surface area (Å²) >= 11 is 0. The van der Waals surface area contributed by atoms with Crippen LogP contribution in [0.1, 0.15) is 18.5 Å². The van der Waals surface area contributed by atoms with Gasteiger partial charge in [0.25, 0.3) is 0 Å². The van der Waals surface area contributed by atoms with E-state index >= 15 is 0 Å². The lowest BCUT2D eigenvalue weighted by Crippen LogP contribution is -2.19. The van der Waals surface area contributed by atoms with Crippen LogP contribution in [-0.4, -0.2) is 28.0 Å². The number of nitrogens with zero attached hydrogens (tertiary/aromatic N) is 3. The van der Waals surface area contributed by atoms with Crippen LogP contribution < -0.4 is 4.90 Å². The zero-order chi connectivity index (χ0) is 12.8. The fourth-order valence-corrected chi connectivity index (χ4v) is 2.98. The van der Waals surface area contributed by atoms with Crippen molar-refractivity contribution in [1.29, 1.82) is 0 Å². The molecule has 0 atom stereocenters. The third kappa shape index (κ3) is 1.59. The summed E-state index contributed by atoms with van der Waals surface area (Å²) in [5, 5.41) is 2.36. The minimum atomic E-state index is 0.972. The van der Waals surface area contributed by atoms with Crippen LogP contribution in [0.2, 0.25) is 0 Å². The molecule has 4 heteroatoms. The van der Waals surface area contributed by atoms with Crippen LogP contribution in [0.5, 0.6) is 0 Å². The summed E-state index contributed by atoms with van der Waals surface area (Å²) in [5.74, 6) is 1.03. The van der Waals surface area contributed by atoms with Gasteiger partial charge in [-0.25, -0.2) is 4.98 Å². The van der Waals surface area contributed by atoms with Crippen LogP contribution in [0.3, 0.4) is 0 Å². The van der Waals surface area contributed by atoms with Crippen LogP contribution in [0.25, 0.3) is 21.9 Å². The lowest BCUT2D eigenvalue weighted by molar-refractivity contribution is 0.946. The summed E-state index contributed by atoms with van der Waals surface area (Å²) in [4.78, 5) is 15.1. The highest BCUT2D eigenvalue weighted by Gasteiger charge is 2.19. The molecule has 4 nitrogen and oxygen atoms in total. The van der Waals surface area contributed by atoms with E-state index in [2.05, 4.69) is 33.9 Å². The maximum absolute atomic E-state index is 4.81. The van der Waals surface area contributed by atoms with E-state index < -0.39 is 0 Å². The van der Waals surface area contributed by atoms with E-state index in [1.165, 1.54) is 23.6 Å². The maximum atomic E-state index is 4.81. The Hall–Kier alpha value is -2.10. The largest absolute Gasteiger partial charge is 0.355 e. The van der Waals surface area contributed by atoms with Crippen LogP contribution in [0.15, 0.2) is 24.4 Å². The monoisotopic (exact) mass is 252 g/mol. The number of rotatable bonds is 1. The molecule has 0 bridgehead atoms. The van der Waals surface area contributed by atoms with Crippen molar-refractivity contribution in [3.05, 3.63) is 30.1 Å². The Morgan fingerprint density at radius 2 is 2.05 bits per heavy atom. The number of anilines is 1. The third-order valence-corrected chi connectivity index (χ3v) is 3.86. The molecule has 0 aromatic carbocycles. The summed E-state index contributed by atoms with van der Waals surface area (Å²) in [6, 6.07) is 6.29. The van der Waals surface area contributed by atoms with Crippen LogP contribution in [-0.2, 0) is 0 Å². The number of H-pyrrole nitrogens is 1. The van der Waals surface area contributed by atoms with Gasteiger partial charge in [0, 0.05) is 35.8 Å². The first-order chi connectivity index (χ1) is 9.33. The van der Waals surface area contributed by atoms with Gasteiger partial charge in [0.05, 0.1) is 0 Å². The van der Waals surface area contributed by atoms with Gasteiger partial charge in [0.2, 0.25) is 0 Å². The highest BCUT2D eigenvalue weighted by Crippen LogP contribution is 2.31. The fraction of sp³-hybridized carbons (Fsp3) is 0.333. The number of aryl methyl sites for hydroxylation is 1. The van der Waals surface area contributed by atoms with Gasteiger partial charge in [0.15, 0.2) is 5.82 Å². The Bertz CT molecular complexity index is 753. The highest BCUT2D eigenvalue weighted by atomic mass is 15.2. The molecule has 96 valence electrons. The molecule has 4 heterocycles. The van der Waals surface area contributed by atoms with Crippen molar-refractivity contribution in [2.75, 3.05) is 18.0 Å². The third-order valence-electron chi connectivity index (χ3n) is 3.86. The molecule has 4 rings (SSSR count). The van der Waals surface area contributed by atoms with Crippen molar-refractivity contribution in [3.8, 4) is 0 Å². The molecule has 0 unspecified atom stereocenters. The zero-order valence-electron chi connectivity index (χ0n) is 11.0. The van der Waals surface area contributed by atoms with Crippen molar-refractivity contribution in [2.24, 2.45) is 0 Å². The van der Waals surface area contributed by atoms with Crippen molar-refractivity contribution >= 4 is 27.8 Å². The molecule has 0 amide bonds. The van der Waals surface area contributed by atoms with E-state index in [4.69, 9.17) is 4.98 Å². The molecule has 1 saturated heterocycles. The second kappa shape index (κ2) is 3.95. The first-order valence-corrected chi connectivity index (χ1v) is 6.82. The first kappa shape index (κ1) is 10.8. The fourth-order valence-electron chi connectivity index (χ4n) is 2.98. The average molecular weight is 252 g/mol. The molecule has 1 N–H and O–H groups in total. The average Bonchev–Trinajstić information content (AvgIpc) is 3.05. The Kier molecular flexibility index (Phi) is 2.24. The Morgan fingerprint density at radius 3 is 2.89 bits per heavy atom. The summed E-state index contributed by atoms with van der Waals surface area (Å²) in [6.45, 7) is 4.24. The predicted molar refractivity (Wildman–Crippen MR) is 77.6 cm³/mol. The first-order valence-electron chi connectivity index (χ1n) is 6.82. The number of nitrogens with one attached hydrogen (secondary N) is 1. The molecule has 1 aliphatic rings. The van der Waals surface area contributed by atoms with Gasteiger partial charge in [-0.05, 0) is 31.9 Å². The van der Waals surface area contributed by atoms with Gasteiger partial charge in [-0.15, -0.1) is 0 Å². The second-order valence-electron chi connectivity index (χ2n) is 5.24. The van der Waals surface area contributed by atoms with E-state index in [9.17, 15) is 0 Å². The number of hydrogen-bond acceptors (Lipinski definition) is 3. The van der Waals surface area contributed by atoms with Gasteiger partial charge >= 0.3 is 0 Å². The summed E-state index contributed by atoms with van der Waals surface area (Å²) < 4.78 is 0. The molecule has 0 radical (unpaired) electrons. The van der Waals surface area contributed by atoms with Crippen molar-refractivity contribution in [1.82, 2.24) is 15.0 Å². The number of pyridine rings is 2. The summed E-state index contributed by atoms with van der Waals surface area (Å²) in [5.41, 5.74) is 3.14. The maximum Gasteiger partial charge on any atom is 0.157 e. The smallest absolute Gasteiger partial charge is 0.157 e. The number of hydrogen-bond donors (Lipinski definition) is 1. The minimum Gasteiger partial charge on any atom is -0.355 e. The predicted octanol–water partition coefficient (Wildman–Crippen LogP) is 3.02. The van der Waals surface area contributed by atoms with Gasteiger partial charge in [-0.2, -0.15) is 0 Å².